The van der Waals surface area contributed by atoms with Crippen LogP contribution in [0.5, 0.6) is 5.75 Å². The molecule has 0 bridgehead atoms. The van der Waals surface area contributed by atoms with Crippen molar-refractivity contribution in [2.45, 2.75) is 6.54 Å². The highest BCUT2D eigenvalue weighted by atomic mass is 35.5. The Hall–Kier alpha value is -2.08. The van der Waals surface area contributed by atoms with Crippen molar-refractivity contribution >= 4 is 23.2 Å². The number of carbonyl (C=O) groups is 1. The molecule has 0 radical (unpaired) electrons. The number of anilines is 1. The van der Waals surface area contributed by atoms with Crippen LogP contribution in [0.3, 0.4) is 0 Å². The molecular formula is C18H19ClN2O3. The molecule has 1 fully saturated rings. The number of amides is 1. The van der Waals surface area contributed by atoms with Gasteiger partial charge in [0, 0.05) is 30.9 Å². The number of ether oxygens (including phenoxy) is 1. The zero-order valence-electron chi connectivity index (χ0n) is 13.2. The molecule has 2 aromatic rings. The Labute approximate surface area is 145 Å². The second kappa shape index (κ2) is 7.66. The number of halogens is 1. The summed E-state index contributed by atoms with van der Waals surface area (Å²) in [5.41, 5.74) is 2.22. The van der Waals surface area contributed by atoms with E-state index in [0.29, 0.717) is 11.3 Å². The predicted molar refractivity (Wildman–Crippen MR) is 93.6 cm³/mol. The average molecular weight is 347 g/mol. The first-order valence-electron chi connectivity index (χ1n) is 7.81. The molecule has 0 saturated carbocycles. The Bertz CT molecular complexity index is 730. The number of phenols is 1. The number of aromatic hydroxyl groups is 1. The van der Waals surface area contributed by atoms with Gasteiger partial charge in [-0.25, -0.2) is 0 Å². The van der Waals surface area contributed by atoms with Gasteiger partial charge in [-0.15, -0.1) is 0 Å². The molecule has 0 spiro atoms. The lowest BCUT2D eigenvalue weighted by atomic mass is 10.1. The SMILES string of the molecule is O=C(Nc1ccc(O)c(Cl)c1)c1cccc(CN2CCOCC2)c1. The maximum absolute atomic E-state index is 12.4. The monoisotopic (exact) mass is 346 g/mol. The van der Waals surface area contributed by atoms with Crippen molar-refractivity contribution in [2.24, 2.45) is 0 Å². The van der Waals surface area contributed by atoms with Gasteiger partial charge in [-0.3, -0.25) is 9.69 Å². The third-order valence-corrected chi connectivity index (χ3v) is 4.21. The van der Waals surface area contributed by atoms with Crippen LogP contribution in [0, 0.1) is 0 Å². The number of hydrogen-bond acceptors (Lipinski definition) is 4. The summed E-state index contributed by atoms with van der Waals surface area (Å²) < 4.78 is 5.35. The molecule has 126 valence electrons. The van der Waals surface area contributed by atoms with E-state index in [1.807, 2.05) is 18.2 Å². The number of carbonyl (C=O) groups excluding carboxylic acids is 1. The molecular weight excluding hydrogens is 328 g/mol. The minimum absolute atomic E-state index is 0.0119. The first-order chi connectivity index (χ1) is 11.6. The third kappa shape index (κ3) is 4.26. The lowest BCUT2D eigenvalue weighted by Crippen LogP contribution is -2.35. The van der Waals surface area contributed by atoms with E-state index in [9.17, 15) is 9.90 Å². The van der Waals surface area contributed by atoms with E-state index in [1.165, 1.54) is 12.1 Å². The van der Waals surface area contributed by atoms with Crippen LogP contribution in [-0.2, 0) is 11.3 Å². The summed E-state index contributed by atoms with van der Waals surface area (Å²) in [5.74, 6) is -0.220. The average Bonchev–Trinajstić information content (AvgIpc) is 2.59. The van der Waals surface area contributed by atoms with Crippen LogP contribution in [0.2, 0.25) is 5.02 Å². The van der Waals surface area contributed by atoms with Gasteiger partial charge in [0.05, 0.1) is 18.2 Å². The molecule has 0 atom stereocenters. The van der Waals surface area contributed by atoms with E-state index in [1.54, 1.807) is 12.1 Å². The highest BCUT2D eigenvalue weighted by Crippen LogP contribution is 2.26. The molecule has 5 nitrogen and oxygen atoms in total. The van der Waals surface area contributed by atoms with E-state index < -0.39 is 0 Å². The summed E-state index contributed by atoms with van der Waals surface area (Å²) in [6, 6.07) is 12.2. The van der Waals surface area contributed by atoms with E-state index in [4.69, 9.17) is 16.3 Å². The second-order valence-electron chi connectivity index (χ2n) is 5.71. The smallest absolute Gasteiger partial charge is 0.255 e. The van der Waals surface area contributed by atoms with E-state index in [-0.39, 0.29) is 16.7 Å². The fourth-order valence-electron chi connectivity index (χ4n) is 2.62. The molecule has 3 rings (SSSR count). The summed E-state index contributed by atoms with van der Waals surface area (Å²) in [6.07, 6.45) is 0. The van der Waals surface area contributed by atoms with Gasteiger partial charge in [-0.05, 0) is 35.9 Å². The molecule has 1 amide bonds. The Morgan fingerprint density at radius 3 is 2.75 bits per heavy atom. The summed E-state index contributed by atoms with van der Waals surface area (Å²) in [7, 11) is 0. The van der Waals surface area contributed by atoms with Crippen molar-refractivity contribution < 1.29 is 14.6 Å². The van der Waals surface area contributed by atoms with Gasteiger partial charge in [0.1, 0.15) is 5.75 Å². The first kappa shape index (κ1) is 16.8. The van der Waals surface area contributed by atoms with E-state index in [0.717, 1.165) is 38.4 Å². The molecule has 0 aromatic heterocycles. The second-order valence-corrected chi connectivity index (χ2v) is 6.12. The predicted octanol–water partition coefficient (Wildman–Crippen LogP) is 3.13. The molecule has 1 aliphatic rings. The van der Waals surface area contributed by atoms with Gasteiger partial charge in [-0.1, -0.05) is 23.7 Å². The van der Waals surface area contributed by atoms with Gasteiger partial charge in [-0.2, -0.15) is 0 Å². The molecule has 1 aliphatic heterocycles. The Balaban J connectivity index is 1.68. The number of rotatable bonds is 4. The number of nitrogens with one attached hydrogen (secondary N) is 1. The summed E-state index contributed by atoms with van der Waals surface area (Å²) in [4.78, 5) is 14.7. The standard InChI is InChI=1S/C18H19ClN2O3/c19-16-11-15(4-5-17(16)22)20-18(23)14-3-1-2-13(10-14)12-21-6-8-24-9-7-21/h1-5,10-11,22H,6-9,12H2,(H,20,23). The molecule has 2 aromatic carbocycles. The molecule has 0 aliphatic carbocycles. The molecule has 0 unspecified atom stereocenters. The topological polar surface area (TPSA) is 61.8 Å². The fraction of sp³-hybridized carbons (Fsp3) is 0.278. The molecule has 1 heterocycles. The molecule has 24 heavy (non-hydrogen) atoms. The van der Waals surface area contributed by atoms with E-state index >= 15 is 0 Å². The number of benzene rings is 2. The van der Waals surface area contributed by atoms with Crippen LogP contribution in [0.25, 0.3) is 0 Å². The number of hydrogen-bond donors (Lipinski definition) is 2. The maximum Gasteiger partial charge on any atom is 0.255 e. The molecule has 6 heteroatoms. The Kier molecular flexibility index (Phi) is 5.35. The zero-order chi connectivity index (χ0) is 16.9. The van der Waals surface area contributed by atoms with Crippen LogP contribution >= 0.6 is 11.6 Å². The fourth-order valence-corrected chi connectivity index (χ4v) is 2.80. The summed E-state index contributed by atoms with van der Waals surface area (Å²) in [5, 5.41) is 12.4. The van der Waals surface area contributed by atoms with Gasteiger partial charge in [0.2, 0.25) is 0 Å². The van der Waals surface area contributed by atoms with Crippen molar-refractivity contribution in [2.75, 3.05) is 31.6 Å². The maximum atomic E-state index is 12.4. The minimum Gasteiger partial charge on any atom is -0.506 e. The van der Waals surface area contributed by atoms with Gasteiger partial charge in [0.25, 0.3) is 5.91 Å². The van der Waals surface area contributed by atoms with Crippen molar-refractivity contribution in [3.8, 4) is 5.75 Å². The highest BCUT2D eigenvalue weighted by molar-refractivity contribution is 6.32. The van der Waals surface area contributed by atoms with Crippen LogP contribution in [0.1, 0.15) is 15.9 Å². The lowest BCUT2D eigenvalue weighted by Gasteiger charge is -2.26. The minimum atomic E-state index is -0.208. The lowest BCUT2D eigenvalue weighted by molar-refractivity contribution is 0.0342. The largest absolute Gasteiger partial charge is 0.506 e. The van der Waals surface area contributed by atoms with Gasteiger partial charge < -0.3 is 15.2 Å². The zero-order valence-corrected chi connectivity index (χ0v) is 13.9. The molecule has 2 N–H and O–H groups in total. The van der Waals surface area contributed by atoms with Crippen LogP contribution < -0.4 is 5.32 Å². The summed E-state index contributed by atoms with van der Waals surface area (Å²) in [6.45, 7) is 4.12. The van der Waals surface area contributed by atoms with E-state index in [2.05, 4.69) is 10.2 Å². The highest BCUT2D eigenvalue weighted by Gasteiger charge is 2.12. The van der Waals surface area contributed by atoms with Crippen LogP contribution in [0.15, 0.2) is 42.5 Å². The Morgan fingerprint density at radius 2 is 2.00 bits per heavy atom. The molecule has 1 saturated heterocycles. The normalized spacial score (nSPS) is 15.2. The van der Waals surface area contributed by atoms with Crippen molar-refractivity contribution in [3.05, 3.63) is 58.6 Å². The summed E-state index contributed by atoms with van der Waals surface area (Å²) >= 11 is 5.86. The van der Waals surface area contributed by atoms with Crippen molar-refractivity contribution in [1.82, 2.24) is 4.90 Å². The van der Waals surface area contributed by atoms with Crippen LogP contribution in [-0.4, -0.2) is 42.2 Å². The van der Waals surface area contributed by atoms with Crippen LogP contribution in [0.4, 0.5) is 5.69 Å². The number of morpholine rings is 1. The first-order valence-corrected chi connectivity index (χ1v) is 8.18. The Morgan fingerprint density at radius 1 is 1.21 bits per heavy atom. The van der Waals surface area contributed by atoms with Gasteiger partial charge in [0.15, 0.2) is 0 Å². The van der Waals surface area contributed by atoms with Gasteiger partial charge >= 0.3 is 0 Å². The quantitative estimate of drug-likeness (QED) is 0.835. The number of nitrogens with zero attached hydrogens (tertiary/aromatic N) is 1. The van der Waals surface area contributed by atoms with Crippen molar-refractivity contribution in [1.29, 1.82) is 0 Å². The van der Waals surface area contributed by atoms with Crippen molar-refractivity contribution in [3.63, 3.8) is 0 Å². The number of phenolic OH excluding ortho intramolecular Hbond substituents is 1. The third-order valence-electron chi connectivity index (χ3n) is 3.90.